The highest BCUT2D eigenvalue weighted by molar-refractivity contribution is 5.75. The molecule has 3 nitrogen and oxygen atoms in total. The molecule has 0 spiro atoms. The van der Waals surface area contributed by atoms with E-state index in [1.54, 1.807) is 0 Å². The van der Waals surface area contributed by atoms with Crippen molar-refractivity contribution in [3.63, 3.8) is 0 Å². The first-order valence-corrected chi connectivity index (χ1v) is 5.86. The Hall–Kier alpha value is -1.35. The van der Waals surface area contributed by atoms with E-state index < -0.39 is 0 Å². The molecule has 86 valence electrons. The van der Waals surface area contributed by atoms with Gasteiger partial charge in [-0.25, -0.2) is 4.98 Å². The van der Waals surface area contributed by atoms with Crippen LogP contribution in [0.5, 0.6) is 0 Å². The summed E-state index contributed by atoms with van der Waals surface area (Å²) < 4.78 is 0. The zero-order valence-electron chi connectivity index (χ0n) is 9.96. The van der Waals surface area contributed by atoms with Crippen LogP contribution in [0.3, 0.4) is 0 Å². The van der Waals surface area contributed by atoms with Gasteiger partial charge in [0.25, 0.3) is 0 Å². The zero-order valence-corrected chi connectivity index (χ0v) is 9.96. The number of nitrogens with two attached hydrogens (primary N) is 1. The van der Waals surface area contributed by atoms with Gasteiger partial charge in [0, 0.05) is 6.42 Å². The summed E-state index contributed by atoms with van der Waals surface area (Å²) in [6, 6.07) is 6.33. The minimum atomic E-state index is 0.629. The topological polar surface area (TPSA) is 54.7 Å². The van der Waals surface area contributed by atoms with Crippen molar-refractivity contribution in [1.29, 1.82) is 0 Å². The highest BCUT2D eigenvalue weighted by Crippen LogP contribution is 2.15. The minimum Gasteiger partial charge on any atom is -0.342 e. The smallest absolute Gasteiger partial charge is 0.107 e. The molecule has 0 aliphatic carbocycles. The number of nitrogens with zero attached hydrogens (tertiary/aromatic N) is 1. The van der Waals surface area contributed by atoms with Crippen molar-refractivity contribution in [3.8, 4) is 0 Å². The van der Waals surface area contributed by atoms with Crippen LogP contribution in [0.15, 0.2) is 18.2 Å². The van der Waals surface area contributed by atoms with E-state index in [0.29, 0.717) is 12.5 Å². The summed E-state index contributed by atoms with van der Waals surface area (Å²) in [6.07, 6.45) is 1.93. The Morgan fingerprint density at radius 1 is 1.38 bits per heavy atom. The van der Waals surface area contributed by atoms with Crippen molar-refractivity contribution < 1.29 is 0 Å². The van der Waals surface area contributed by atoms with Crippen molar-refractivity contribution in [2.75, 3.05) is 6.54 Å². The van der Waals surface area contributed by atoms with Crippen molar-refractivity contribution in [2.24, 2.45) is 11.7 Å². The van der Waals surface area contributed by atoms with Gasteiger partial charge in [0.05, 0.1) is 11.0 Å². The van der Waals surface area contributed by atoms with Crippen LogP contribution in [0.1, 0.15) is 25.2 Å². The third kappa shape index (κ3) is 2.42. The minimum absolute atomic E-state index is 0.629. The lowest BCUT2D eigenvalue weighted by Gasteiger charge is -1.98. The molecule has 1 aromatic carbocycles. The summed E-state index contributed by atoms with van der Waals surface area (Å²) in [6.45, 7) is 5.10. The molecule has 3 N–H and O–H groups in total. The number of imidazole rings is 1. The van der Waals surface area contributed by atoms with Crippen molar-refractivity contribution >= 4 is 11.0 Å². The molecule has 0 bridgehead atoms. The molecule has 0 aliphatic heterocycles. The van der Waals surface area contributed by atoms with Gasteiger partial charge in [0.15, 0.2) is 0 Å². The third-order valence-corrected chi connectivity index (χ3v) is 2.63. The Bertz CT molecular complexity index is 471. The molecule has 1 aromatic heterocycles. The molecule has 2 rings (SSSR count). The van der Waals surface area contributed by atoms with Gasteiger partial charge in [-0.2, -0.15) is 0 Å². The second kappa shape index (κ2) is 4.66. The zero-order chi connectivity index (χ0) is 11.5. The van der Waals surface area contributed by atoms with Gasteiger partial charge in [0.1, 0.15) is 5.82 Å². The number of hydrogen-bond donors (Lipinski definition) is 2. The second-order valence-electron chi connectivity index (χ2n) is 4.67. The summed E-state index contributed by atoms with van der Waals surface area (Å²) in [5, 5.41) is 0. The Morgan fingerprint density at radius 2 is 2.19 bits per heavy atom. The molecule has 0 saturated heterocycles. The Labute approximate surface area is 96.1 Å². The molecule has 0 fully saturated rings. The van der Waals surface area contributed by atoms with E-state index in [1.807, 2.05) is 0 Å². The molecule has 0 atom stereocenters. The first kappa shape index (κ1) is 11.1. The van der Waals surface area contributed by atoms with Gasteiger partial charge in [-0.1, -0.05) is 19.9 Å². The number of aromatic nitrogens is 2. The number of nitrogens with one attached hydrogen (secondary N) is 1. The van der Waals surface area contributed by atoms with Gasteiger partial charge >= 0.3 is 0 Å². The molecule has 2 aromatic rings. The normalized spacial score (nSPS) is 11.5. The molecule has 0 unspecified atom stereocenters. The van der Waals surface area contributed by atoms with E-state index in [9.17, 15) is 0 Å². The molecule has 0 aliphatic rings. The monoisotopic (exact) mass is 217 g/mol. The van der Waals surface area contributed by atoms with Gasteiger partial charge in [-0.15, -0.1) is 0 Å². The van der Waals surface area contributed by atoms with Crippen LogP contribution in [0.25, 0.3) is 11.0 Å². The lowest BCUT2D eigenvalue weighted by atomic mass is 10.1. The van der Waals surface area contributed by atoms with E-state index in [0.717, 1.165) is 29.7 Å². The van der Waals surface area contributed by atoms with E-state index in [1.165, 1.54) is 5.56 Å². The fraction of sp³-hybridized carbons (Fsp3) is 0.462. The van der Waals surface area contributed by atoms with Crippen molar-refractivity contribution in [1.82, 2.24) is 9.97 Å². The van der Waals surface area contributed by atoms with Crippen LogP contribution in [0, 0.1) is 5.92 Å². The molecule has 3 heteroatoms. The summed E-state index contributed by atoms with van der Waals surface area (Å²) in [4.78, 5) is 7.94. The predicted octanol–water partition coefficient (Wildman–Crippen LogP) is 2.26. The van der Waals surface area contributed by atoms with Crippen LogP contribution < -0.4 is 5.73 Å². The van der Waals surface area contributed by atoms with Crippen LogP contribution in [-0.4, -0.2) is 16.5 Å². The molecule has 1 heterocycles. The lowest BCUT2D eigenvalue weighted by molar-refractivity contribution is 0.627. The molecule has 0 radical (unpaired) electrons. The number of benzene rings is 1. The Morgan fingerprint density at radius 3 is 2.88 bits per heavy atom. The lowest BCUT2D eigenvalue weighted by Crippen LogP contribution is -2.02. The van der Waals surface area contributed by atoms with E-state index in [-0.39, 0.29) is 0 Å². The summed E-state index contributed by atoms with van der Waals surface area (Å²) in [5.74, 6) is 1.71. The van der Waals surface area contributed by atoms with Crippen LogP contribution in [0.4, 0.5) is 0 Å². The maximum absolute atomic E-state index is 5.55. The number of aromatic amines is 1. The second-order valence-corrected chi connectivity index (χ2v) is 4.67. The van der Waals surface area contributed by atoms with Gasteiger partial charge in [-0.3, -0.25) is 0 Å². The van der Waals surface area contributed by atoms with Crippen LogP contribution in [-0.2, 0) is 12.8 Å². The number of rotatable bonds is 4. The summed E-state index contributed by atoms with van der Waals surface area (Å²) in [7, 11) is 0. The molecule has 0 amide bonds. The number of hydrogen-bond acceptors (Lipinski definition) is 2. The standard InChI is InChI=1S/C13H19N3/c1-9(2)7-13-15-11-4-3-10(5-6-14)8-12(11)16-13/h3-4,8-9H,5-7,14H2,1-2H3,(H,15,16). The van der Waals surface area contributed by atoms with Crippen molar-refractivity contribution in [2.45, 2.75) is 26.7 Å². The van der Waals surface area contributed by atoms with Crippen molar-refractivity contribution in [3.05, 3.63) is 29.6 Å². The van der Waals surface area contributed by atoms with E-state index in [2.05, 4.69) is 42.0 Å². The van der Waals surface area contributed by atoms with Gasteiger partial charge < -0.3 is 10.7 Å². The number of H-pyrrole nitrogens is 1. The predicted molar refractivity (Wildman–Crippen MR) is 67.4 cm³/mol. The molecule has 0 saturated carbocycles. The summed E-state index contributed by atoms with van der Waals surface area (Å²) in [5.41, 5.74) is 9.00. The highest BCUT2D eigenvalue weighted by atomic mass is 14.9. The fourth-order valence-corrected chi connectivity index (χ4v) is 1.92. The Kier molecular flexibility index (Phi) is 3.25. The van der Waals surface area contributed by atoms with E-state index >= 15 is 0 Å². The first-order valence-electron chi connectivity index (χ1n) is 5.86. The molecular formula is C13H19N3. The maximum atomic E-state index is 5.55. The third-order valence-electron chi connectivity index (χ3n) is 2.63. The summed E-state index contributed by atoms with van der Waals surface area (Å²) >= 11 is 0. The van der Waals surface area contributed by atoms with E-state index in [4.69, 9.17) is 5.73 Å². The molecular weight excluding hydrogens is 198 g/mol. The maximum Gasteiger partial charge on any atom is 0.107 e. The highest BCUT2D eigenvalue weighted by Gasteiger charge is 2.05. The first-order chi connectivity index (χ1) is 7.69. The van der Waals surface area contributed by atoms with Crippen LogP contribution in [0.2, 0.25) is 0 Å². The van der Waals surface area contributed by atoms with Crippen LogP contribution >= 0.6 is 0 Å². The average Bonchev–Trinajstić information content (AvgIpc) is 2.58. The SMILES string of the molecule is CC(C)Cc1nc2ccc(CCN)cc2[nH]1. The largest absolute Gasteiger partial charge is 0.342 e. The van der Waals surface area contributed by atoms with Gasteiger partial charge in [-0.05, 0) is 36.6 Å². The fourth-order valence-electron chi connectivity index (χ4n) is 1.92. The quantitative estimate of drug-likeness (QED) is 0.825. The molecule has 16 heavy (non-hydrogen) atoms. The Balaban J connectivity index is 2.30. The van der Waals surface area contributed by atoms with Gasteiger partial charge in [0.2, 0.25) is 0 Å². The number of fused-ring (bicyclic) bond motifs is 1. The average molecular weight is 217 g/mol.